The Morgan fingerprint density at radius 2 is 1.74 bits per heavy atom. The highest BCUT2D eigenvalue weighted by atomic mass is 16.5. The Balaban J connectivity index is 1.32. The highest BCUT2D eigenvalue weighted by Gasteiger charge is 2.35. The van der Waals surface area contributed by atoms with E-state index in [1.54, 1.807) is 25.4 Å². The van der Waals surface area contributed by atoms with Crippen LogP contribution in [0.1, 0.15) is 48.8 Å². The summed E-state index contributed by atoms with van der Waals surface area (Å²) < 4.78 is 16.1. The number of amides is 2. The molecule has 1 aliphatic rings. The quantitative estimate of drug-likeness (QED) is 0.259. The molecule has 1 aliphatic heterocycles. The lowest BCUT2D eigenvalue weighted by Gasteiger charge is -2.12. The monoisotopic (exact) mass is 460 g/mol. The van der Waals surface area contributed by atoms with E-state index >= 15 is 0 Å². The molecule has 0 atom stereocenters. The summed E-state index contributed by atoms with van der Waals surface area (Å²) >= 11 is 0. The van der Waals surface area contributed by atoms with E-state index in [0.717, 1.165) is 11.3 Å². The third-order valence-electron chi connectivity index (χ3n) is 5.34. The van der Waals surface area contributed by atoms with E-state index < -0.39 is 11.9 Å². The lowest BCUT2D eigenvalue weighted by atomic mass is 10.1. The standard InChI is InChI=1S/C26H24N2O6/c1-32-14-4-13-28-24(29)22-11-8-19(15-23(22)25(28)30)26(31)34-16-18-6-9-21(10-7-18)33-17-20-5-2-3-12-27-20/h2-3,5-12,15H,4,13-14,16-17H2,1H3. The van der Waals surface area contributed by atoms with E-state index in [2.05, 4.69) is 4.98 Å². The Kier molecular flexibility index (Phi) is 7.29. The first-order chi connectivity index (χ1) is 16.6. The number of carbonyl (C=O) groups excluding carboxylic acids is 3. The summed E-state index contributed by atoms with van der Waals surface area (Å²) in [7, 11) is 1.56. The molecule has 0 spiro atoms. The summed E-state index contributed by atoms with van der Waals surface area (Å²) in [6, 6.07) is 17.3. The Hall–Kier alpha value is -4.04. The van der Waals surface area contributed by atoms with Crippen molar-refractivity contribution >= 4 is 17.8 Å². The second-order valence-electron chi connectivity index (χ2n) is 7.70. The number of imide groups is 1. The fraction of sp³-hybridized carbons (Fsp3) is 0.231. The van der Waals surface area contributed by atoms with E-state index in [4.69, 9.17) is 14.2 Å². The molecule has 2 aromatic carbocycles. The molecule has 34 heavy (non-hydrogen) atoms. The molecule has 1 aromatic heterocycles. The van der Waals surface area contributed by atoms with Gasteiger partial charge in [-0.15, -0.1) is 0 Å². The van der Waals surface area contributed by atoms with Gasteiger partial charge in [-0.2, -0.15) is 0 Å². The van der Waals surface area contributed by atoms with Gasteiger partial charge in [0.2, 0.25) is 0 Å². The molecule has 4 rings (SSSR count). The zero-order valence-corrected chi connectivity index (χ0v) is 18.7. The van der Waals surface area contributed by atoms with E-state index in [9.17, 15) is 14.4 Å². The van der Waals surface area contributed by atoms with Gasteiger partial charge < -0.3 is 14.2 Å². The van der Waals surface area contributed by atoms with Crippen LogP contribution < -0.4 is 4.74 Å². The molecule has 8 heteroatoms. The molecule has 0 radical (unpaired) electrons. The number of rotatable bonds is 10. The lowest BCUT2D eigenvalue weighted by molar-refractivity contribution is 0.0472. The summed E-state index contributed by atoms with van der Waals surface area (Å²) in [6.07, 6.45) is 2.26. The van der Waals surface area contributed by atoms with Crippen LogP contribution in [0.5, 0.6) is 5.75 Å². The molecule has 8 nitrogen and oxygen atoms in total. The Morgan fingerprint density at radius 1 is 0.941 bits per heavy atom. The summed E-state index contributed by atoms with van der Waals surface area (Å²) in [5.41, 5.74) is 2.34. The highest BCUT2D eigenvalue weighted by Crippen LogP contribution is 2.25. The minimum absolute atomic E-state index is 0.0620. The zero-order valence-electron chi connectivity index (χ0n) is 18.7. The second kappa shape index (κ2) is 10.7. The molecular formula is C26H24N2O6. The first-order valence-corrected chi connectivity index (χ1v) is 10.8. The van der Waals surface area contributed by atoms with Crippen LogP contribution in [-0.4, -0.2) is 47.9 Å². The van der Waals surface area contributed by atoms with Gasteiger partial charge in [-0.3, -0.25) is 19.5 Å². The van der Waals surface area contributed by atoms with E-state index in [-0.39, 0.29) is 30.2 Å². The van der Waals surface area contributed by atoms with Crippen molar-refractivity contribution in [2.45, 2.75) is 19.6 Å². The zero-order chi connectivity index (χ0) is 23.9. The fourth-order valence-electron chi connectivity index (χ4n) is 3.54. The smallest absolute Gasteiger partial charge is 0.338 e. The number of hydrogen-bond donors (Lipinski definition) is 0. The highest BCUT2D eigenvalue weighted by molar-refractivity contribution is 6.21. The molecule has 3 aromatic rings. The average Bonchev–Trinajstić information content (AvgIpc) is 3.11. The number of benzene rings is 2. The van der Waals surface area contributed by atoms with Crippen molar-refractivity contribution in [2.24, 2.45) is 0 Å². The average molecular weight is 460 g/mol. The largest absolute Gasteiger partial charge is 0.487 e. The minimum Gasteiger partial charge on any atom is -0.487 e. The summed E-state index contributed by atoms with van der Waals surface area (Å²) in [6.45, 7) is 1.13. The van der Waals surface area contributed by atoms with E-state index in [0.29, 0.717) is 30.9 Å². The summed E-state index contributed by atoms with van der Waals surface area (Å²) in [4.78, 5) is 43.0. The van der Waals surface area contributed by atoms with Crippen molar-refractivity contribution in [2.75, 3.05) is 20.3 Å². The number of carbonyl (C=O) groups is 3. The van der Waals surface area contributed by atoms with Crippen LogP contribution >= 0.6 is 0 Å². The number of nitrogens with zero attached hydrogens (tertiary/aromatic N) is 2. The van der Waals surface area contributed by atoms with Crippen molar-refractivity contribution in [3.63, 3.8) is 0 Å². The van der Waals surface area contributed by atoms with Crippen LogP contribution in [0.3, 0.4) is 0 Å². The fourth-order valence-corrected chi connectivity index (χ4v) is 3.54. The van der Waals surface area contributed by atoms with Gasteiger partial charge in [-0.05, 0) is 54.4 Å². The predicted octanol–water partition coefficient (Wildman–Crippen LogP) is 3.65. The summed E-state index contributed by atoms with van der Waals surface area (Å²) in [5.74, 6) is -0.664. The first kappa shape index (κ1) is 23.1. The molecule has 2 amide bonds. The molecule has 0 fully saturated rings. The third kappa shape index (κ3) is 5.29. The molecule has 2 heterocycles. The third-order valence-corrected chi connectivity index (χ3v) is 5.34. The van der Waals surface area contributed by atoms with Gasteiger partial charge in [0, 0.05) is 26.5 Å². The van der Waals surface area contributed by atoms with Crippen molar-refractivity contribution in [1.82, 2.24) is 9.88 Å². The maximum atomic E-state index is 12.6. The number of aromatic nitrogens is 1. The van der Waals surface area contributed by atoms with Gasteiger partial charge in [0.1, 0.15) is 19.0 Å². The number of hydrogen-bond acceptors (Lipinski definition) is 7. The van der Waals surface area contributed by atoms with Gasteiger partial charge in [0.25, 0.3) is 11.8 Å². The number of ether oxygens (including phenoxy) is 3. The lowest BCUT2D eigenvalue weighted by Crippen LogP contribution is -2.31. The van der Waals surface area contributed by atoms with Gasteiger partial charge in [-0.25, -0.2) is 4.79 Å². The van der Waals surface area contributed by atoms with Crippen molar-refractivity contribution in [1.29, 1.82) is 0 Å². The SMILES string of the molecule is COCCCN1C(=O)c2ccc(C(=O)OCc3ccc(OCc4ccccn4)cc3)cc2C1=O. The maximum Gasteiger partial charge on any atom is 0.338 e. The van der Waals surface area contributed by atoms with Gasteiger partial charge in [0.15, 0.2) is 0 Å². The van der Waals surface area contributed by atoms with Crippen LogP contribution in [0.25, 0.3) is 0 Å². The van der Waals surface area contributed by atoms with E-state index in [1.807, 2.05) is 30.3 Å². The normalized spacial score (nSPS) is 12.6. The number of pyridine rings is 1. The maximum absolute atomic E-state index is 12.6. The minimum atomic E-state index is -0.573. The molecule has 0 aliphatic carbocycles. The van der Waals surface area contributed by atoms with Crippen molar-refractivity contribution < 1.29 is 28.6 Å². The Morgan fingerprint density at radius 3 is 2.47 bits per heavy atom. The molecule has 0 saturated heterocycles. The van der Waals surface area contributed by atoms with Gasteiger partial charge in [-0.1, -0.05) is 18.2 Å². The molecule has 0 saturated carbocycles. The van der Waals surface area contributed by atoms with Gasteiger partial charge in [0.05, 0.1) is 22.4 Å². The molecule has 0 unspecified atom stereocenters. The Bertz CT molecular complexity index is 1180. The van der Waals surface area contributed by atoms with Crippen LogP contribution in [0.15, 0.2) is 66.9 Å². The number of methoxy groups -OCH3 is 1. The van der Waals surface area contributed by atoms with Crippen LogP contribution in [0.2, 0.25) is 0 Å². The summed E-state index contributed by atoms with van der Waals surface area (Å²) in [5, 5.41) is 0. The van der Waals surface area contributed by atoms with Crippen LogP contribution in [-0.2, 0) is 22.7 Å². The molecular weight excluding hydrogens is 436 g/mol. The number of esters is 1. The Labute approximate surface area is 197 Å². The van der Waals surface area contributed by atoms with Gasteiger partial charge >= 0.3 is 5.97 Å². The molecule has 0 bridgehead atoms. The van der Waals surface area contributed by atoms with Crippen LogP contribution in [0, 0.1) is 0 Å². The molecule has 0 N–H and O–H groups in total. The number of fused-ring (bicyclic) bond motifs is 1. The van der Waals surface area contributed by atoms with E-state index in [1.165, 1.54) is 23.1 Å². The van der Waals surface area contributed by atoms with Crippen molar-refractivity contribution in [3.05, 3.63) is 94.8 Å². The molecule has 174 valence electrons. The second-order valence-corrected chi connectivity index (χ2v) is 7.70. The first-order valence-electron chi connectivity index (χ1n) is 10.8. The van der Waals surface area contributed by atoms with Crippen LogP contribution in [0.4, 0.5) is 0 Å². The predicted molar refractivity (Wildman–Crippen MR) is 122 cm³/mol. The van der Waals surface area contributed by atoms with Crippen molar-refractivity contribution in [3.8, 4) is 5.75 Å². The topological polar surface area (TPSA) is 95.0 Å².